The van der Waals surface area contributed by atoms with Crippen LogP contribution in [0.5, 0.6) is 5.75 Å². The number of halogens is 1. The van der Waals surface area contributed by atoms with Crippen LogP contribution in [0, 0.1) is 5.95 Å². The highest BCUT2D eigenvalue weighted by Crippen LogP contribution is 2.18. The molecule has 0 saturated carbocycles. The lowest BCUT2D eigenvalue weighted by Gasteiger charge is -2.18. The highest BCUT2D eigenvalue weighted by atomic mass is 19.1. The number of pyridine rings is 1. The monoisotopic (exact) mass is 304 g/mol. The lowest BCUT2D eigenvalue weighted by Crippen LogP contribution is -2.29. The molecule has 1 amide bonds. The molecule has 2 aromatic rings. The molecule has 0 bridgehead atoms. The number of benzene rings is 1. The van der Waals surface area contributed by atoms with E-state index in [1.807, 2.05) is 0 Å². The van der Waals surface area contributed by atoms with Crippen LogP contribution in [-0.2, 0) is 6.54 Å². The van der Waals surface area contributed by atoms with Gasteiger partial charge in [-0.3, -0.25) is 9.69 Å². The molecule has 0 saturated heterocycles. The number of aldehydes is 1. The Kier molecular flexibility index (Phi) is 4.67. The Labute approximate surface area is 125 Å². The van der Waals surface area contributed by atoms with E-state index in [0.717, 1.165) is 4.90 Å². The summed E-state index contributed by atoms with van der Waals surface area (Å²) >= 11 is 0. The van der Waals surface area contributed by atoms with Gasteiger partial charge >= 0.3 is 6.09 Å². The number of anilines is 1. The average Bonchev–Trinajstić information content (AvgIpc) is 2.52. The third kappa shape index (κ3) is 3.38. The number of carbonyl (C=O) groups is 2. The van der Waals surface area contributed by atoms with E-state index in [0.29, 0.717) is 17.6 Å². The van der Waals surface area contributed by atoms with Crippen LogP contribution in [0.3, 0.4) is 0 Å². The summed E-state index contributed by atoms with van der Waals surface area (Å²) in [5.41, 5.74) is 0.461. The Bertz CT molecular complexity index is 688. The minimum Gasteiger partial charge on any atom is -0.497 e. The average molecular weight is 304 g/mol. The van der Waals surface area contributed by atoms with Gasteiger partial charge in [-0.05, 0) is 29.8 Å². The molecule has 0 atom stereocenters. The van der Waals surface area contributed by atoms with Gasteiger partial charge in [0.15, 0.2) is 6.29 Å². The molecule has 0 fully saturated rings. The van der Waals surface area contributed by atoms with Crippen molar-refractivity contribution in [1.82, 2.24) is 4.98 Å². The number of rotatable bonds is 5. The van der Waals surface area contributed by atoms with Crippen molar-refractivity contribution < 1.29 is 23.8 Å². The number of amides is 1. The van der Waals surface area contributed by atoms with Crippen molar-refractivity contribution in [2.45, 2.75) is 6.54 Å². The van der Waals surface area contributed by atoms with Crippen molar-refractivity contribution in [2.75, 3.05) is 12.0 Å². The van der Waals surface area contributed by atoms with Gasteiger partial charge in [-0.1, -0.05) is 12.1 Å². The summed E-state index contributed by atoms with van der Waals surface area (Å²) in [5, 5.41) is 9.28. The molecular formula is C15H13FN2O4. The molecule has 6 nitrogen and oxygen atoms in total. The summed E-state index contributed by atoms with van der Waals surface area (Å²) in [4.78, 5) is 26.3. The molecule has 114 valence electrons. The van der Waals surface area contributed by atoms with Crippen LogP contribution in [0.1, 0.15) is 15.9 Å². The lowest BCUT2D eigenvalue weighted by molar-refractivity contribution is 0.111. The largest absolute Gasteiger partial charge is 0.497 e. The Balaban J connectivity index is 2.27. The van der Waals surface area contributed by atoms with Crippen LogP contribution in [0.4, 0.5) is 15.0 Å². The number of nitrogens with zero attached hydrogens (tertiary/aromatic N) is 2. The first kappa shape index (κ1) is 15.4. The number of ether oxygens (including phenoxy) is 1. The van der Waals surface area contributed by atoms with E-state index in [9.17, 15) is 19.1 Å². The fourth-order valence-corrected chi connectivity index (χ4v) is 1.83. The smallest absolute Gasteiger partial charge is 0.413 e. The van der Waals surface area contributed by atoms with Gasteiger partial charge in [-0.25, -0.2) is 9.78 Å². The zero-order chi connectivity index (χ0) is 16.1. The van der Waals surface area contributed by atoms with E-state index in [-0.39, 0.29) is 17.9 Å². The summed E-state index contributed by atoms with van der Waals surface area (Å²) < 4.78 is 18.6. The van der Waals surface area contributed by atoms with Gasteiger partial charge in [-0.2, -0.15) is 4.39 Å². The summed E-state index contributed by atoms with van der Waals surface area (Å²) in [6.07, 6.45) is -0.956. The van der Waals surface area contributed by atoms with Gasteiger partial charge in [0.1, 0.15) is 11.6 Å². The standard InChI is InChI=1S/C15H13FN2O4/c1-22-12-5-2-10(3-6-12)8-18(15(20)21)13-7-4-11(9-19)14(16)17-13/h2-7,9H,8H2,1H3,(H,20,21). The molecule has 1 aromatic carbocycles. The molecule has 0 aliphatic heterocycles. The topological polar surface area (TPSA) is 79.7 Å². The van der Waals surface area contributed by atoms with Crippen LogP contribution in [-0.4, -0.2) is 29.6 Å². The molecular weight excluding hydrogens is 291 g/mol. The van der Waals surface area contributed by atoms with Crippen molar-refractivity contribution in [3.63, 3.8) is 0 Å². The second-order valence-corrected chi connectivity index (χ2v) is 4.38. The van der Waals surface area contributed by atoms with Gasteiger partial charge in [0.2, 0.25) is 5.95 Å². The zero-order valence-corrected chi connectivity index (χ0v) is 11.7. The van der Waals surface area contributed by atoms with E-state index >= 15 is 0 Å². The van der Waals surface area contributed by atoms with Crippen molar-refractivity contribution in [3.8, 4) is 5.75 Å². The third-order valence-electron chi connectivity index (χ3n) is 3.00. The second kappa shape index (κ2) is 6.66. The molecule has 7 heteroatoms. The first-order valence-corrected chi connectivity index (χ1v) is 6.30. The van der Waals surface area contributed by atoms with Crippen molar-refractivity contribution in [1.29, 1.82) is 0 Å². The number of carboxylic acid groups (broad SMARTS) is 1. The third-order valence-corrected chi connectivity index (χ3v) is 3.00. The molecule has 0 radical (unpaired) electrons. The fraction of sp³-hybridized carbons (Fsp3) is 0.133. The van der Waals surface area contributed by atoms with E-state index < -0.39 is 12.0 Å². The first-order valence-electron chi connectivity index (χ1n) is 6.30. The maximum atomic E-state index is 13.5. The Morgan fingerprint density at radius 1 is 1.32 bits per heavy atom. The van der Waals surface area contributed by atoms with Crippen molar-refractivity contribution in [3.05, 3.63) is 53.5 Å². The number of carbonyl (C=O) groups excluding carboxylic acids is 1. The SMILES string of the molecule is COc1ccc(CN(C(=O)O)c2ccc(C=O)c(F)n2)cc1. The van der Waals surface area contributed by atoms with Crippen LogP contribution >= 0.6 is 0 Å². The van der Waals surface area contributed by atoms with Gasteiger partial charge in [0.05, 0.1) is 19.2 Å². The van der Waals surface area contributed by atoms with Crippen molar-refractivity contribution >= 4 is 18.2 Å². The molecule has 0 aliphatic rings. The van der Waals surface area contributed by atoms with Crippen LogP contribution in [0.2, 0.25) is 0 Å². The Morgan fingerprint density at radius 2 is 2.00 bits per heavy atom. The van der Waals surface area contributed by atoms with Gasteiger partial charge in [0.25, 0.3) is 0 Å². The highest BCUT2D eigenvalue weighted by Gasteiger charge is 2.18. The normalized spacial score (nSPS) is 10.1. The predicted octanol–water partition coefficient (Wildman–Crippen LogP) is 2.73. The summed E-state index contributed by atoms with van der Waals surface area (Å²) in [6.45, 7) is -0.00773. The number of hydrogen-bond donors (Lipinski definition) is 1. The first-order chi connectivity index (χ1) is 10.5. The quantitative estimate of drug-likeness (QED) is 0.678. The minimum absolute atomic E-state index is 0.00773. The second-order valence-electron chi connectivity index (χ2n) is 4.38. The molecule has 1 heterocycles. The maximum Gasteiger partial charge on any atom is 0.413 e. The molecule has 0 unspecified atom stereocenters. The molecule has 1 aromatic heterocycles. The molecule has 2 rings (SSSR count). The van der Waals surface area contributed by atoms with E-state index in [1.54, 1.807) is 24.3 Å². The summed E-state index contributed by atoms with van der Waals surface area (Å²) in [6, 6.07) is 9.26. The van der Waals surface area contributed by atoms with Crippen LogP contribution in [0.15, 0.2) is 36.4 Å². The van der Waals surface area contributed by atoms with E-state index in [2.05, 4.69) is 4.98 Å². The number of methoxy groups -OCH3 is 1. The summed E-state index contributed by atoms with van der Waals surface area (Å²) in [5.74, 6) is -0.454. The summed E-state index contributed by atoms with van der Waals surface area (Å²) in [7, 11) is 1.53. The molecule has 0 aliphatic carbocycles. The van der Waals surface area contributed by atoms with Crippen molar-refractivity contribution in [2.24, 2.45) is 0 Å². The van der Waals surface area contributed by atoms with Gasteiger partial charge in [0, 0.05) is 0 Å². The lowest BCUT2D eigenvalue weighted by atomic mass is 10.2. The minimum atomic E-state index is -1.28. The highest BCUT2D eigenvalue weighted by molar-refractivity contribution is 5.85. The number of hydrogen-bond acceptors (Lipinski definition) is 4. The zero-order valence-electron chi connectivity index (χ0n) is 11.7. The van der Waals surface area contributed by atoms with E-state index in [4.69, 9.17) is 4.74 Å². The predicted molar refractivity (Wildman–Crippen MR) is 76.8 cm³/mol. The van der Waals surface area contributed by atoms with Crippen LogP contribution < -0.4 is 9.64 Å². The van der Waals surface area contributed by atoms with Gasteiger partial charge < -0.3 is 9.84 Å². The molecule has 22 heavy (non-hydrogen) atoms. The fourth-order valence-electron chi connectivity index (χ4n) is 1.83. The number of aromatic nitrogens is 1. The molecule has 0 spiro atoms. The van der Waals surface area contributed by atoms with E-state index in [1.165, 1.54) is 19.2 Å². The molecule has 1 N–H and O–H groups in total. The Hall–Kier alpha value is -2.96. The van der Waals surface area contributed by atoms with Gasteiger partial charge in [-0.15, -0.1) is 0 Å². The maximum absolute atomic E-state index is 13.5. The van der Waals surface area contributed by atoms with Crippen LogP contribution in [0.25, 0.3) is 0 Å². The Morgan fingerprint density at radius 3 is 2.50 bits per heavy atom.